The first-order valence-electron chi connectivity index (χ1n) is 3.62. The van der Waals surface area contributed by atoms with Crippen molar-refractivity contribution in [3.05, 3.63) is 34.4 Å². The maximum atomic E-state index is 6.26. The molecule has 0 aromatic heterocycles. The first kappa shape index (κ1) is 43.7. The fourth-order valence-corrected chi connectivity index (χ4v) is 0. The van der Waals surface area contributed by atoms with E-state index in [1.807, 2.05) is 0 Å². The van der Waals surface area contributed by atoms with Crippen molar-refractivity contribution in [1.29, 1.82) is 0 Å². The molecule has 0 radical (unpaired) electrons. The van der Waals surface area contributed by atoms with E-state index in [1.165, 1.54) is 0 Å². The zero-order valence-electron chi connectivity index (χ0n) is 8.81. The minimum Gasteiger partial charge on any atom is -1.00 e. The van der Waals surface area contributed by atoms with E-state index in [1.54, 1.807) is 0 Å². The smallest absolute Gasteiger partial charge is 1.00 e. The number of hydrogen-bond acceptors (Lipinski definition) is 0. The largest absolute Gasteiger partial charge is 2.00 e. The van der Waals surface area contributed by atoms with Crippen LogP contribution in [0.4, 0.5) is 0 Å². The van der Waals surface area contributed by atoms with Gasteiger partial charge in [-0.1, -0.05) is 0 Å². The van der Waals surface area contributed by atoms with Crippen molar-refractivity contribution in [3.63, 3.8) is 0 Å². The first-order chi connectivity index (χ1) is 5.74. The van der Waals surface area contributed by atoms with Crippen molar-refractivity contribution in [3.8, 4) is 0 Å². The topological polar surface area (TPSA) is 174 Å². The molecule has 0 aliphatic heterocycles. The Balaban J connectivity index is -0.0000000135. The van der Waals surface area contributed by atoms with Gasteiger partial charge in [-0.3, -0.25) is 0 Å². The van der Waals surface area contributed by atoms with Gasteiger partial charge in [-0.2, -0.15) is 39.3 Å². The Hall–Kier alpha value is 0.794. The Kier molecular flexibility index (Phi) is 204. The Morgan fingerprint density at radius 2 is 0.500 bits per heavy atom. The van der Waals surface area contributed by atoms with Gasteiger partial charge in [0, 0.05) is 0 Å². The molecule has 8 N–H and O–H groups in total. The van der Waals surface area contributed by atoms with Crippen LogP contribution in [0.3, 0.4) is 0 Å². The van der Waals surface area contributed by atoms with Crippen molar-refractivity contribution < 1.29 is 46.8 Å². The van der Waals surface area contributed by atoms with E-state index in [4.69, 9.17) is 34.4 Å². The Morgan fingerprint density at radius 3 is 0.500 bits per heavy atom. The van der Waals surface area contributed by atoms with E-state index in [-0.39, 0.29) is 86.1 Å². The molecule has 0 fully saturated rings. The Bertz CT molecular complexity index is 46.5. The Morgan fingerprint density at radius 1 is 0.438 bits per heavy atom. The van der Waals surface area contributed by atoms with Gasteiger partial charge in [-0.05, 0) is 0 Å². The normalized spacial score (nSPS) is 5.62. The third kappa shape index (κ3) is 196. The molecule has 10 heteroatoms. The van der Waals surface area contributed by atoms with Crippen LogP contribution in [0.15, 0.2) is 0 Å². The van der Waals surface area contributed by atoms with E-state index in [0.29, 0.717) is 0 Å². The third-order valence-corrected chi connectivity index (χ3v) is 0.375. The standard InChI is InChI=1S/3C2H6N2.2ClH.Ni.H2O/c3*3-1-2-4;;;;/h3*3-4H,1-2H2;2*1H;;1H2/q3*-2;;;+2;/p-2. The van der Waals surface area contributed by atoms with Gasteiger partial charge in [0.1, 0.15) is 0 Å². The van der Waals surface area contributed by atoms with Gasteiger partial charge in [0.05, 0.1) is 0 Å². The molecule has 0 aliphatic rings. The maximum absolute atomic E-state index is 6.26. The zero-order chi connectivity index (χ0) is 10.2. The molecule has 0 aromatic carbocycles. The molecule has 7 nitrogen and oxygen atoms in total. The van der Waals surface area contributed by atoms with Crippen molar-refractivity contribution in [2.75, 3.05) is 39.3 Å². The SMILES string of the molecule is O.[Cl-].[Cl-].[NH-]CC[NH-].[NH-]CC[NH-].[NH-]CC[NH-].[Ni+2]. The van der Waals surface area contributed by atoms with E-state index in [0.717, 1.165) is 0 Å². The molecular weight excluding hydrogens is 302 g/mol. The van der Waals surface area contributed by atoms with E-state index < -0.39 is 0 Å². The average Bonchev–Trinajstić information content (AvgIpc) is 2.18. The molecular formula is C6H20Cl2N6NiO-6. The summed E-state index contributed by atoms with van der Waals surface area (Å²) in [5.74, 6) is 0. The molecule has 0 saturated carbocycles. The molecule has 0 aliphatic carbocycles. The minimum atomic E-state index is 0. The molecule has 0 bridgehead atoms. The molecule has 0 unspecified atom stereocenters. The van der Waals surface area contributed by atoms with E-state index >= 15 is 0 Å². The van der Waals surface area contributed by atoms with Crippen LogP contribution in [0.1, 0.15) is 0 Å². The van der Waals surface area contributed by atoms with Gasteiger partial charge in [-0.25, -0.2) is 0 Å². The molecule has 0 amide bonds. The summed E-state index contributed by atoms with van der Waals surface area (Å²) in [6.45, 7) is 1.42. The molecule has 0 atom stereocenters. The van der Waals surface area contributed by atoms with Crippen molar-refractivity contribution in [2.45, 2.75) is 0 Å². The summed E-state index contributed by atoms with van der Waals surface area (Å²) in [5.41, 5.74) is 37.6. The number of nitrogens with one attached hydrogen (secondary N) is 6. The van der Waals surface area contributed by atoms with Gasteiger partial charge < -0.3 is 64.7 Å². The van der Waals surface area contributed by atoms with Gasteiger partial charge in [-0.15, -0.1) is 0 Å². The predicted molar refractivity (Wildman–Crippen MR) is 58.7 cm³/mol. The van der Waals surface area contributed by atoms with Gasteiger partial charge in [0.2, 0.25) is 0 Å². The molecule has 0 aromatic rings. The maximum Gasteiger partial charge on any atom is 2.00 e. The van der Waals surface area contributed by atoms with Crippen molar-refractivity contribution in [1.82, 2.24) is 0 Å². The second kappa shape index (κ2) is 74.9. The summed E-state index contributed by atoms with van der Waals surface area (Å²) in [4.78, 5) is 0. The number of hydrogen-bond donors (Lipinski definition) is 0. The van der Waals surface area contributed by atoms with Crippen LogP contribution in [-0.2, 0) is 16.5 Å². The third-order valence-electron chi connectivity index (χ3n) is 0.375. The summed E-state index contributed by atoms with van der Waals surface area (Å²) in [7, 11) is 0. The molecule has 16 heavy (non-hydrogen) atoms. The molecule has 0 heterocycles. The van der Waals surface area contributed by atoms with Crippen LogP contribution in [0.2, 0.25) is 0 Å². The quantitative estimate of drug-likeness (QED) is 0.468. The number of rotatable bonds is 3. The summed E-state index contributed by atoms with van der Waals surface area (Å²) < 4.78 is 0. The van der Waals surface area contributed by atoms with Crippen LogP contribution >= 0.6 is 0 Å². The van der Waals surface area contributed by atoms with Crippen molar-refractivity contribution in [2.24, 2.45) is 0 Å². The van der Waals surface area contributed by atoms with Crippen LogP contribution < -0.4 is 24.8 Å². The summed E-state index contributed by atoms with van der Waals surface area (Å²) >= 11 is 0. The van der Waals surface area contributed by atoms with Gasteiger partial charge in [0.15, 0.2) is 0 Å². The summed E-state index contributed by atoms with van der Waals surface area (Å²) in [6.07, 6.45) is 0. The second-order valence-electron chi connectivity index (χ2n) is 1.50. The molecule has 0 rings (SSSR count). The van der Waals surface area contributed by atoms with Gasteiger partial charge >= 0.3 is 16.5 Å². The van der Waals surface area contributed by atoms with Crippen molar-refractivity contribution >= 4 is 0 Å². The first-order valence-corrected chi connectivity index (χ1v) is 3.62. The monoisotopic (exact) mass is 320 g/mol. The van der Waals surface area contributed by atoms with E-state index in [9.17, 15) is 0 Å². The van der Waals surface area contributed by atoms with Crippen LogP contribution in [0.25, 0.3) is 34.4 Å². The van der Waals surface area contributed by atoms with Crippen LogP contribution in [-0.4, -0.2) is 44.7 Å². The fraction of sp³-hybridized carbons (Fsp3) is 1.00. The molecule has 0 spiro atoms. The van der Waals surface area contributed by atoms with E-state index in [2.05, 4.69) is 0 Å². The number of halogens is 2. The second-order valence-corrected chi connectivity index (χ2v) is 1.50. The average molecular weight is 322 g/mol. The Labute approximate surface area is 120 Å². The fourth-order valence-electron chi connectivity index (χ4n) is 0. The van der Waals surface area contributed by atoms with Crippen LogP contribution in [0, 0.1) is 0 Å². The van der Waals surface area contributed by atoms with Crippen LogP contribution in [0.5, 0.6) is 0 Å². The zero-order valence-corrected chi connectivity index (χ0v) is 11.3. The summed E-state index contributed by atoms with van der Waals surface area (Å²) in [5, 5.41) is 0. The molecule has 110 valence electrons. The minimum absolute atomic E-state index is 0. The summed E-state index contributed by atoms with van der Waals surface area (Å²) in [6, 6.07) is 0. The molecule has 0 saturated heterocycles. The predicted octanol–water partition coefficient (Wildman–Crippen LogP) is -3.55. The van der Waals surface area contributed by atoms with Gasteiger partial charge in [0.25, 0.3) is 0 Å².